The molecule has 1 amide bonds. The number of nitrogens with zero attached hydrogens (tertiary/aromatic N) is 2. The molecule has 4 aromatic rings. The lowest BCUT2D eigenvalue weighted by molar-refractivity contribution is -0.132. The van der Waals surface area contributed by atoms with Crippen molar-refractivity contribution in [2.24, 2.45) is 0 Å². The Kier molecular flexibility index (Phi) is 6.13. The first-order chi connectivity index (χ1) is 17.7. The molecule has 1 atom stereocenters. The summed E-state index contributed by atoms with van der Waals surface area (Å²) in [6.45, 7) is 5.86. The van der Waals surface area contributed by atoms with E-state index >= 15 is 0 Å². The van der Waals surface area contributed by atoms with Gasteiger partial charge in [-0.15, -0.1) is 0 Å². The summed E-state index contributed by atoms with van der Waals surface area (Å²) in [6, 6.07) is 16.6. The highest BCUT2D eigenvalue weighted by Gasteiger charge is 2.48. The van der Waals surface area contributed by atoms with Crippen molar-refractivity contribution < 1.29 is 24.2 Å². The number of aromatic nitrogens is 1. The Balaban J connectivity index is 1.72. The second-order valence-electron chi connectivity index (χ2n) is 9.07. The number of benzene rings is 3. The van der Waals surface area contributed by atoms with E-state index in [0.29, 0.717) is 21.8 Å². The van der Waals surface area contributed by atoms with Crippen LogP contribution in [-0.2, 0) is 14.3 Å². The number of carbonyl (C=O) groups excluding carboxylic acids is 3. The number of hydrogen-bond acceptors (Lipinski definition) is 7. The molecule has 0 radical (unpaired) electrons. The van der Waals surface area contributed by atoms with Gasteiger partial charge in [-0.1, -0.05) is 59.4 Å². The van der Waals surface area contributed by atoms with E-state index in [2.05, 4.69) is 0 Å². The number of aliphatic hydroxyl groups excluding tert-OH is 1. The second kappa shape index (κ2) is 9.29. The van der Waals surface area contributed by atoms with E-state index in [1.54, 1.807) is 36.4 Å². The Morgan fingerprint density at radius 1 is 0.946 bits per heavy atom. The maximum atomic E-state index is 13.5. The topological polar surface area (TPSA) is 96.8 Å². The second-order valence-corrected chi connectivity index (χ2v) is 10.1. The third kappa shape index (κ3) is 4.19. The molecular formula is C29H24N2O5S. The van der Waals surface area contributed by atoms with Crippen LogP contribution in [0.3, 0.4) is 0 Å². The van der Waals surface area contributed by atoms with E-state index < -0.39 is 23.7 Å². The number of methoxy groups -OCH3 is 1. The molecule has 8 heteroatoms. The van der Waals surface area contributed by atoms with Crippen molar-refractivity contribution in [3.8, 4) is 0 Å². The van der Waals surface area contributed by atoms with Gasteiger partial charge in [0.15, 0.2) is 5.13 Å². The number of hydrogen-bond donors (Lipinski definition) is 1. The van der Waals surface area contributed by atoms with Gasteiger partial charge in [0.1, 0.15) is 5.76 Å². The normalized spacial score (nSPS) is 17.0. The lowest BCUT2D eigenvalue weighted by Crippen LogP contribution is -2.29. The lowest BCUT2D eigenvalue weighted by atomic mass is 9.94. The Labute approximate surface area is 217 Å². The third-order valence-electron chi connectivity index (χ3n) is 6.44. The monoisotopic (exact) mass is 512 g/mol. The van der Waals surface area contributed by atoms with Crippen LogP contribution in [0.1, 0.15) is 44.2 Å². The van der Waals surface area contributed by atoms with Gasteiger partial charge in [0.05, 0.1) is 34.5 Å². The summed E-state index contributed by atoms with van der Waals surface area (Å²) in [5.41, 5.74) is 5.05. The smallest absolute Gasteiger partial charge is 0.337 e. The first-order valence-corrected chi connectivity index (χ1v) is 12.5. The summed E-state index contributed by atoms with van der Waals surface area (Å²) >= 11 is 1.31. The number of anilines is 1. The molecule has 1 N–H and O–H groups in total. The fourth-order valence-electron chi connectivity index (χ4n) is 4.59. The van der Waals surface area contributed by atoms with Crippen LogP contribution in [0, 0.1) is 20.8 Å². The summed E-state index contributed by atoms with van der Waals surface area (Å²) in [5.74, 6) is -2.34. The molecule has 0 aliphatic carbocycles. The van der Waals surface area contributed by atoms with Gasteiger partial charge in [0, 0.05) is 5.56 Å². The summed E-state index contributed by atoms with van der Waals surface area (Å²) in [7, 11) is 1.30. The number of esters is 1. The number of rotatable bonds is 4. The van der Waals surface area contributed by atoms with Gasteiger partial charge in [0.2, 0.25) is 0 Å². The zero-order chi connectivity index (χ0) is 26.4. The van der Waals surface area contributed by atoms with E-state index in [-0.39, 0.29) is 11.3 Å². The molecule has 5 rings (SSSR count). The molecule has 1 aliphatic rings. The largest absolute Gasteiger partial charge is 0.507 e. The van der Waals surface area contributed by atoms with Crippen LogP contribution in [0.2, 0.25) is 0 Å². The van der Waals surface area contributed by atoms with Gasteiger partial charge < -0.3 is 9.84 Å². The lowest BCUT2D eigenvalue weighted by Gasteiger charge is -2.23. The van der Waals surface area contributed by atoms with Gasteiger partial charge in [0.25, 0.3) is 5.78 Å². The highest BCUT2D eigenvalue weighted by atomic mass is 32.1. The first kappa shape index (κ1) is 24.4. The summed E-state index contributed by atoms with van der Waals surface area (Å²) in [6.07, 6.45) is 0. The maximum Gasteiger partial charge on any atom is 0.337 e. The van der Waals surface area contributed by atoms with Gasteiger partial charge >= 0.3 is 11.9 Å². The summed E-state index contributed by atoms with van der Waals surface area (Å²) < 4.78 is 5.69. The Morgan fingerprint density at radius 3 is 2.24 bits per heavy atom. The highest BCUT2D eigenvalue weighted by Crippen LogP contribution is 2.44. The molecule has 1 saturated heterocycles. The number of aliphatic hydroxyl groups is 1. The third-order valence-corrected chi connectivity index (χ3v) is 7.44. The predicted molar refractivity (Wildman–Crippen MR) is 143 cm³/mol. The number of Topliss-reactive ketones (excluding diaryl/α,β-unsaturated/α-hetero) is 1. The molecule has 1 fully saturated rings. The van der Waals surface area contributed by atoms with Crippen molar-refractivity contribution in [3.63, 3.8) is 0 Å². The standard InChI is InChI=1S/C29H24N2O5S/c1-15-5-7-19(8-6-15)25(32)22-24(18-9-11-20(12-10-18)28(35)36-4)31(27(34)26(22)33)29-30-23-17(3)13-16(2)14-21(23)37-29/h5-14,24,32H,1-4H3/b25-22+/t24-/m0/s1. The van der Waals surface area contributed by atoms with Crippen molar-refractivity contribution in [2.75, 3.05) is 12.0 Å². The number of ketones is 1. The Bertz CT molecular complexity index is 1600. The molecular weight excluding hydrogens is 488 g/mol. The molecule has 1 aromatic heterocycles. The van der Waals surface area contributed by atoms with E-state index in [4.69, 9.17) is 9.72 Å². The van der Waals surface area contributed by atoms with Crippen LogP contribution in [0.25, 0.3) is 16.0 Å². The number of fused-ring (bicyclic) bond motifs is 1. The fraction of sp³-hybridized carbons (Fsp3) is 0.172. The van der Waals surface area contributed by atoms with Crippen molar-refractivity contribution in [2.45, 2.75) is 26.8 Å². The van der Waals surface area contributed by atoms with Crippen LogP contribution in [-0.4, -0.2) is 34.9 Å². The van der Waals surface area contributed by atoms with Crippen molar-refractivity contribution >= 4 is 50.1 Å². The molecule has 2 heterocycles. The number of thiazole rings is 1. The van der Waals surface area contributed by atoms with Gasteiger partial charge in [-0.25, -0.2) is 9.78 Å². The molecule has 0 bridgehead atoms. The summed E-state index contributed by atoms with van der Waals surface area (Å²) in [4.78, 5) is 44.9. The van der Waals surface area contributed by atoms with Crippen LogP contribution in [0.15, 0.2) is 66.2 Å². The minimum atomic E-state index is -0.935. The van der Waals surface area contributed by atoms with Crippen molar-refractivity contribution in [1.29, 1.82) is 0 Å². The van der Waals surface area contributed by atoms with Gasteiger partial charge in [-0.2, -0.15) is 0 Å². The SMILES string of the molecule is COC(=O)c1ccc([C@H]2/C(=C(\O)c3ccc(C)cc3)C(=O)C(=O)N2c2nc3c(C)cc(C)cc3s2)cc1. The highest BCUT2D eigenvalue weighted by molar-refractivity contribution is 7.22. The van der Waals surface area contributed by atoms with E-state index in [0.717, 1.165) is 26.9 Å². The number of carbonyl (C=O) groups is 3. The molecule has 186 valence electrons. The average molecular weight is 513 g/mol. The zero-order valence-electron chi connectivity index (χ0n) is 20.7. The summed E-state index contributed by atoms with van der Waals surface area (Å²) in [5, 5.41) is 11.6. The zero-order valence-corrected chi connectivity index (χ0v) is 21.6. The quantitative estimate of drug-likeness (QED) is 0.165. The molecule has 1 aliphatic heterocycles. The van der Waals surface area contributed by atoms with Crippen LogP contribution in [0.4, 0.5) is 5.13 Å². The maximum absolute atomic E-state index is 13.5. The minimum absolute atomic E-state index is 0.0353. The predicted octanol–water partition coefficient (Wildman–Crippen LogP) is 5.63. The fourth-order valence-corrected chi connectivity index (χ4v) is 5.76. The Hall–Kier alpha value is -4.30. The molecule has 0 unspecified atom stereocenters. The molecule has 7 nitrogen and oxygen atoms in total. The molecule has 37 heavy (non-hydrogen) atoms. The van der Waals surface area contributed by atoms with Crippen molar-refractivity contribution in [3.05, 3.63) is 99.6 Å². The Morgan fingerprint density at radius 2 is 1.59 bits per heavy atom. The number of aryl methyl sites for hydroxylation is 3. The van der Waals surface area contributed by atoms with Gasteiger partial charge in [-0.05, 0) is 55.7 Å². The van der Waals surface area contributed by atoms with Crippen molar-refractivity contribution in [1.82, 2.24) is 4.98 Å². The van der Waals surface area contributed by atoms with E-state index in [9.17, 15) is 19.5 Å². The number of amides is 1. The van der Waals surface area contributed by atoms with Crippen LogP contribution >= 0.6 is 11.3 Å². The van der Waals surface area contributed by atoms with E-state index in [1.807, 2.05) is 45.0 Å². The van der Waals surface area contributed by atoms with Crippen LogP contribution in [0.5, 0.6) is 0 Å². The van der Waals surface area contributed by atoms with E-state index in [1.165, 1.54) is 23.3 Å². The molecule has 0 saturated carbocycles. The first-order valence-electron chi connectivity index (χ1n) is 11.6. The number of ether oxygens (including phenoxy) is 1. The van der Waals surface area contributed by atoms with Crippen LogP contribution < -0.4 is 4.90 Å². The molecule has 0 spiro atoms. The molecule has 3 aromatic carbocycles. The average Bonchev–Trinajstić information content (AvgIpc) is 3.42. The minimum Gasteiger partial charge on any atom is -0.507 e. The van der Waals surface area contributed by atoms with Gasteiger partial charge in [-0.3, -0.25) is 14.5 Å².